The Hall–Kier alpha value is -0.830. The maximum atomic E-state index is 10.9. The number of allylic oxidation sites excluding steroid dienone is 1. The second kappa shape index (κ2) is 6.20. The second-order valence-electron chi connectivity index (χ2n) is 5.33. The molecule has 0 aromatic rings. The maximum Gasteiger partial charge on any atom is 0.302 e. The van der Waals surface area contributed by atoms with Gasteiger partial charge in [0.1, 0.15) is 0 Å². The molecule has 4 atom stereocenters. The van der Waals surface area contributed by atoms with Gasteiger partial charge in [-0.2, -0.15) is 0 Å². The van der Waals surface area contributed by atoms with Crippen LogP contribution < -0.4 is 0 Å². The van der Waals surface area contributed by atoms with Gasteiger partial charge >= 0.3 is 5.97 Å². The third-order valence-electron chi connectivity index (χ3n) is 3.97. The number of esters is 1. The lowest BCUT2D eigenvalue weighted by molar-refractivity contribution is -0.143. The van der Waals surface area contributed by atoms with Gasteiger partial charge in [0.05, 0.1) is 6.61 Å². The normalized spacial score (nSPS) is 30.0. The summed E-state index contributed by atoms with van der Waals surface area (Å²) in [5.74, 6) is 1.16. The number of hydrogen-bond acceptors (Lipinski definition) is 3. The zero-order valence-electron chi connectivity index (χ0n) is 11.1. The topological polar surface area (TPSA) is 46.5 Å². The molecule has 1 N–H and O–H groups in total. The van der Waals surface area contributed by atoms with Crippen molar-refractivity contribution in [1.29, 1.82) is 0 Å². The Bertz CT molecular complexity index is 285. The molecule has 0 bridgehead atoms. The van der Waals surface area contributed by atoms with E-state index in [1.807, 2.05) is 0 Å². The monoisotopic (exact) mass is 240 g/mol. The molecular weight excluding hydrogens is 216 g/mol. The average Bonchev–Trinajstić information content (AvgIpc) is 2.62. The van der Waals surface area contributed by atoms with Crippen LogP contribution in [-0.2, 0) is 9.53 Å². The third kappa shape index (κ3) is 3.56. The van der Waals surface area contributed by atoms with Crippen molar-refractivity contribution in [3.8, 4) is 0 Å². The lowest BCUT2D eigenvalue weighted by atomic mass is 9.77. The lowest BCUT2D eigenvalue weighted by Crippen LogP contribution is -2.31. The van der Waals surface area contributed by atoms with Crippen molar-refractivity contribution in [3.05, 3.63) is 12.2 Å². The molecule has 1 aliphatic carbocycles. The highest BCUT2D eigenvalue weighted by Gasteiger charge is 2.39. The highest BCUT2D eigenvalue weighted by atomic mass is 16.5. The Kier molecular flexibility index (Phi) is 5.19. The van der Waals surface area contributed by atoms with Crippen LogP contribution in [0.1, 0.15) is 33.6 Å². The summed E-state index contributed by atoms with van der Waals surface area (Å²) < 4.78 is 5.06. The van der Waals surface area contributed by atoms with Crippen LogP contribution >= 0.6 is 0 Å². The predicted octanol–water partition coefficient (Wildman–Crippen LogP) is 2.40. The zero-order valence-corrected chi connectivity index (χ0v) is 11.1. The Morgan fingerprint density at radius 3 is 2.59 bits per heavy atom. The maximum absolute atomic E-state index is 10.9. The van der Waals surface area contributed by atoms with Crippen LogP contribution in [-0.4, -0.2) is 24.3 Å². The van der Waals surface area contributed by atoms with E-state index in [1.165, 1.54) is 18.9 Å². The first-order valence-corrected chi connectivity index (χ1v) is 6.37. The van der Waals surface area contributed by atoms with Crippen molar-refractivity contribution < 1.29 is 14.6 Å². The van der Waals surface area contributed by atoms with Crippen molar-refractivity contribution >= 4 is 5.97 Å². The summed E-state index contributed by atoms with van der Waals surface area (Å²) >= 11 is 0. The van der Waals surface area contributed by atoms with Gasteiger partial charge in [0.15, 0.2) is 0 Å². The lowest BCUT2D eigenvalue weighted by Gasteiger charge is -2.30. The molecule has 0 heterocycles. The molecule has 0 amide bonds. The van der Waals surface area contributed by atoms with Crippen LogP contribution in [0.15, 0.2) is 12.2 Å². The van der Waals surface area contributed by atoms with E-state index in [0.29, 0.717) is 24.4 Å². The Labute approximate surface area is 104 Å². The van der Waals surface area contributed by atoms with E-state index in [-0.39, 0.29) is 18.5 Å². The molecule has 98 valence electrons. The van der Waals surface area contributed by atoms with Gasteiger partial charge in [-0.25, -0.2) is 0 Å². The summed E-state index contributed by atoms with van der Waals surface area (Å²) in [6, 6.07) is 0. The Morgan fingerprint density at radius 1 is 1.47 bits per heavy atom. The molecule has 1 saturated carbocycles. The SMILES string of the molecule is C=C(C)[C@H]1CC[C@@H](C)[C@@H]1C(CO)COC(C)=O. The standard InChI is InChI=1S/C14H24O3/c1-9(2)13-6-5-10(3)14(13)12(7-15)8-17-11(4)16/h10,12-15H,1,5-8H2,2-4H3/t10-,12?,13-,14-/m1/s1. The van der Waals surface area contributed by atoms with Gasteiger partial charge in [-0.15, -0.1) is 0 Å². The van der Waals surface area contributed by atoms with Gasteiger partial charge in [0.25, 0.3) is 0 Å². The second-order valence-corrected chi connectivity index (χ2v) is 5.33. The smallest absolute Gasteiger partial charge is 0.302 e. The molecular formula is C14H24O3. The summed E-state index contributed by atoms with van der Waals surface area (Å²) in [6.07, 6.45) is 2.30. The molecule has 0 radical (unpaired) electrons. The molecule has 17 heavy (non-hydrogen) atoms. The van der Waals surface area contributed by atoms with Crippen LogP contribution in [0.4, 0.5) is 0 Å². The molecule has 3 nitrogen and oxygen atoms in total. The molecule has 3 heteroatoms. The number of ether oxygens (including phenoxy) is 1. The van der Waals surface area contributed by atoms with E-state index in [9.17, 15) is 9.90 Å². The van der Waals surface area contributed by atoms with E-state index in [0.717, 1.165) is 6.42 Å². The molecule has 1 unspecified atom stereocenters. The summed E-state index contributed by atoms with van der Waals surface area (Å²) in [7, 11) is 0. The van der Waals surface area contributed by atoms with Crippen molar-refractivity contribution in [2.75, 3.05) is 13.2 Å². The summed E-state index contributed by atoms with van der Waals surface area (Å²) in [4.78, 5) is 10.9. The molecule has 1 fully saturated rings. The van der Waals surface area contributed by atoms with Gasteiger partial charge in [-0.3, -0.25) is 4.79 Å². The van der Waals surface area contributed by atoms with Gasteiger partial charge in [0.2, 0.25) is 0 Å². The number of carbonyl (C=O) groups is 1. The van der Waals surface area contributed by atoms with Crippen LogP contribution in [0.3, 0.4) is 0 Å². The molecule has 0 aliphatic heterocycles. The first-order valence-electron chi connectivity index (χ1n) is 6.37. The van der Waals surface area contributed by atoms with Gasteiger partial charge in [-0.05, 0) is 37.5 Å². The fraction of sp³-hybridized carbons (Fsp3) is 0.786. The van der Waals surface area contributed by atoms with E-state index < -0.39 is 0 Å². The fourth-order valence-electron chi connectivity index (χ4n) is 3.10. The fourth-order valence-corrected chi connectivity index (χ4v) is 3.10. The van der Waals surface area contributed by atoms with Gasteiger partial charge < -0.3 is 9.84 Å². The van der Waals surface area contributed by atoms with E-state index in [1.54, 1.807) is 0 Å². The van der Waals surface area contributed by atoms with Crippen molar-refractivity contribution in [3.63, 3.8) is 0 Å². The van der Waals surface area contributed by atoms with E-state index in [4.69, 9.17) is 4.74 Å². The minimum absolute atomic E-state index is 0.0399. The Morgan fingerprint density at radius 2 is 2.12 bits per heavy atom. The van der Waals surface area contributed by atoms with Crippen molar-refractivity contribution in [2.24, 2.45) is 23.7 Å². The number of rotatable bonds is 5. The van der Waals surface area contributed by atoms with Gasteiger partial charge in [-0.1, -0.05) is 19.1 Å². The summed E-state index contributed by atoms with van der Waals surface area (Å²) in [5.41, 5.74) is 1.18. The first kappa shape index (κ1) is 14.2. The number of hydrogen-bond donors (Lipinski definition) is 1. The van der Waals surface area contributed by atoms with Crippen LogP contribution in [0.2, 0.25) is 0 Å². The molecule has 0 aromatic heterocycles. The minimum atomic E-state index is -0.277. The highest BCUT2D eigenvalue weighted by molar-refractivity contribution is 5.65. The quantitative estimate of drug-likeness (QED) is 0.593. The summed E-state index contributed by atoms with van der Waals surface area (Å²) in [6.45, 7) is 10.1. The number of aliphatic hydroxyl groups excluding tert-OH is 1. The highest BCUT2D eigenvalue weighted by Crippen LogP contribution is 2.44. The van der Waals surface area contributed by atoms with Crippen LogP contribution in [0.25, 0.3) is 0 Å². The number of carbonyl (C=O) groups excluding carboxylic acids is 1. The van der Waals surface area contributed by atoms with E-state index >= 15 is 0 Å². The molecule has 1 aliphatic rings. The molecule has 0 saturated heterocycles. The predicted molar refractivity (Wildman–Crippen MR) is 67.4 cm³/mol. The van der Waals surface area contributed by atoms with Crippen molar-refractivity contribution in [1.82, 2.24) is 0 Å². The third-order valence-corrected chi connectivity index (χ3v) is 3.97. The van der Waals surface area contributed by atoms with Gasteiger partial charge in [0, 0.05) is 19.4 Å². The number of aliphatic hydroxyl groups is 1. The van der Waals surface area contributed by atoms with E-state index in [2.05, 4.69) is 20.4 Å². The zero-order chi connectivity index (χ0) is 13.0. The largest absolute Gasteiger partial charge is 0.465 e. The average molecular weight is 240 g/mol. The van der Waals surface area contributed by atoms with Crippen LogP contribution in [0.5, 0.6) is 0 Å². The molecule has 1 rings (SSSR count). The van der Waals surface area contributed by atoms with Crippen LogP contribution in [0, 0.1) is 23.7 Å². The first-order chi connectivity index (χ1) is 7.97. The Balaban J connectivity index is 2.70. The summed E-state index contributed by atoms with van der Waals surface area (Å²) in [5, 5.41) is 9.50. The van der Waals surface area contributed by atoms with Crippen molar-refractivity contribution in [2.45, 2.75) is 33.6 Å². The minimum Gasteiger partial charge on any atom is -0.465 e. The molecule has 0 spiro atoms. The molecule has 0 aromatic carbocycles.